The Bertz CT molecular complexity index is 836. The van der Waals surface area contributed by atoms with Gasteiger partial charge in [0, 0.05) is 43.5 Å². The van der Waals surface area contributed by atoms with E-state index in [0.717, 1.165) is 56.0 Å². The molecule has 0 aliphatic carbocycles. The molecule has 4 nitrogen and oxygen atoms in total. The summed E-state index contributed by atoms with van der Waals surface area (Å²) in [4.78, 5) is 14.6. The minimum absolute atomic E-state index is 0.0677. The lowest BCUT2D eigenvalue weighted by molar-refractivity contribution is 0.0959. The van der Waals surface area contributed by atoms with Gasteiger partial charge in [0.1, 0.15) is 22.9 Å². The molecule has 1 atom stereocenters. The summed E-state index contributed by atoms with van der Waals surface area (Å²) >= 11 is 0. The van der Waals surface area contributed by atoms with Crippen LogP contribution in [0.2, 0.25) is 0 Å². The van der Waals surface area contributed by atoms with Crippen molar-refractivity contribution in [2.24, 2.45) is 0 Å². The van der Waals surface area contributed by atoms with Crippen molar-refractivity contribution in [2.75, 3.05) is 26.7 Å². The topological polar surface area (TPSA) is 38.8 Å². The van der Waals surface area contributed by atoms with Gasteiger partial charge in [-0.15, -0.1) is 0 Å². The number of methoxy groups -OCH3 is 1. The lowest BCUT2D eigenvalue weighted by atomic mass is 9.96. The Labute approximate surface area is 158 Å². The quantitative estimate of drug-likeness (QED) is 0.725. The molecule has 2 aliphatic heterocycles. The molecule has 0 bridgehead atoms. The van der Waals surface area contributed by atoms with Crippen molar-refractivity contribution in [2.45, 2.75) is 31.3 Å². The number of carbonyl (C=O) groups is 1. The lowest BCUT2D eigenvalue weighted by Crippen LogP contribution is -2.38. The molecular weight excluding hydrogens is 345 g/mol. The number of ketones is 1. The first-order valence-corrected chi connectivity index (χ1v) is 9.45. The number of likely N-dealkylation sites (tertiary alicyclic amines) is 1. The molecule has 0 radical (unpaired) electrons. The number of rotatable bonds is 6. The zero-order valence-corrected chi connectivity index (χ0v) is 15.5. The van der Waals surface area contributed by atoms with E-state index in [-0.39, 0.29) is 17.2 Å². The third-order valence-electron chi connectivity index (χ3n) is 5.58. The first-order chi connectivity index (χ1) is 13.1. The van der Waals surface area contributed by atoms with Crippen LogP contribution >= 0.6 is 0 Å². The largest absolute Gasteiger partial charge is 0.496 e. The SMILES string of the molecule is COc1cccc2c1CC1(CCN(CCCC(=O)c3ccc(F)cc3)C1)O2. The molecule has 2 aromatic carbocycles. The second kappa shape index (κ2) is 7.31. The summed E-state index contributed by atoms with van der Waals surface area (Å²) in [7, 11) is 1.69. The highest BCUT2D eigenvalue weighted by Gasteiger charge is 2.45. The Kier molecular flexibility index (Phi) is 4.87. The van der Waals surface area contributed by atoms with Crippen LogP contribution in [-0.2, 0) is 6.42 Å². The van der Waals surface area contributed by atoms with Crippen LogP contribution in [0, 0.1) is 5.82 Å². The van der Waals surface area contributed by atoms with Crippen molar-refractivity contribution in [3.8, 4) is 11.5 Å². The lowest BCUT2D eigenvalue weighted by Gasteiger charge is -2.24. The van der Waals surface area contributed by atoms with Gasteiger partial charge in [-0.3, -0.25) is 9.69 Å². The molecule has 4 rings (SSSR count). The van der Waals surface area contributed by atoms with Gasteiger partial charge in [-0.25, -0.2) is 4.39 Å². The van der Waals surface area contributed by atoms with Crippen molar-refractivity contribution in [3.63, 3.8) is 0 Å². The van der Waals surface area contributed by atoms with Crippen LogP contribution in [0.4, 0.5) is 4.39 Å². The fourth-order valence-corrected chi connectivity index (χ4v) is 4.19. The fourth-order valence-electron chi connectivity index (χ4n) is 4.19. The summed E-state index contributed by atoms with van der Waals surface area (Å²) in [5.74, 6) is 1.58. The summed E-state index contributed by atoms with van der Waals surface area (Å²) in [6.07, 6.45) is 3.13. The van der Waals surface area contributed by atoms with Crippen molar-refractivity contribution < 1.29 is 18.7 Å². The fraction of sp³-hybridized carbons (Fsp3) is 0.409. The average molecular weight is 369 g/mol. The molecular formula is C22H24FNO3. The maximum Gasteiger partial charge on any atom is 0.162 e. The number of halogens is 1. The molecule has 2 aromatic rings. The smallest absolute Gasteiger partial charge is 0.162 e. The van der Waals surface area contributed by atoms with Crippen molar-refractivity contribution >= 4 is 5.78 Å². The normalized spacial score (nSPS) is 21.3. The van der Waals surface area contributed by atoms with E-state index in [1.807, 2.05) is 18.2 Å². The molecule has 2 aliphatic rings. The number of Topliss-reactive ketones (excluding diaryl/α,β-unsaturated/α-hetero) is 1. The summed E-state index contributed by atoms with van der Waals surface area (Å²) in [6, 6.07) is 11.7. The van der Waals surface area contributed by atoms with Crippen LogP contribution in [0.3, 0.4) is 0 Å². The Morgan fingerprint density at radius 3 is 2.85 bits per heavy atom. The van der Waals surface area contributed by atoms with E-state index in [9.17, 15) is 9.18 Å². The molecule has 5 heteroatoms. The Balaban J connectivity index is 1.29. The number of nitrogens with zero attached hydrogens (tertiary/aromatic N) is 1. The first kappa shape index (κ1) is 18.0. The van der Waals surface area contributed by atoms with Crippen LogP contribution in [0.5, 0.6) is 11.5 Å². The molecule has 2 heterocycles. The van der Waals surface area contributed by atoms with Crippen molar-refractivity contribution in [3.05, 3.63) is 59.4 Å². The van der Waals surface area contributed by atoms with Gasteiger partial charge in [0.05, 0.1) is 7.11 Å². The zero-order chi connectivity index (χ0) is 18.9. The number of hydrogen-bond acceptors (Lipinski definition) is 4. The molecule has 27 heavy (non-hydrogen) atoms. The molecule has 0 aromatic heterocycles. The number of hydrogen-bond donors (Lipinski definition) is 0. The van der Waals surface area contributed by atoms with Gasteiger partial charge >= 0.3 is 0 Å². The van der Waals surface area contributed by atoms with Gasteiger partial charge in [-0.1, -0.05) is 6.07 Å². The predicted octanol–water partition coefficient (Wildman–Crippen LogP) is 3.88. The van der Waals surface area contributed by atoms with Gasteiger partial charge in [-0.2, -0.15) is 0 Å². The third kappa shape index (κ3) is 3.69. The summed E-state index contributed by atoms with van der Waals surface area (Å²) in [5.41, 5.74) is 1.57. The van der Waals surface area contributed by atoms with Crippen LogP contribution in [0.1, 0.15) is 35.2 Å². The van der Waals surface area contributed by atoms with Crippen LogP contribution in [-0.4, -0.2) is 43.0 Å². The minimum Gasteiger partial charge on any atom is -0.496 e. The second-order valence-electron chi connectivity index (χ2n) is 7.46. The van der Waals surface area contributed by atoms with Crippen molar-refractivity contribution in [1.29, 1.82) is 0 Å². The number of ether oxygens (including phenoxy) is 2. The molecule has 1 saturated heterocycles. The molecule has 142 valence electrons. The molecule has 1 unspecified atom stereocenters. The first-order valence-electron chi connectivity index (χ1n) is 9.45. The maximum atomic E-state index is 13.0. The van der Waals surface area contributed by atoms with E-state index in [2.05, 4.69) is 4.90 Å². The molecule has 0 saturated carbocycles. The van der Waals surface area contributed by atoms with Crippen LogP contribution in [0.15, 0.2) is 42.5 Å². The highest BCUT2D eigenvalue weighted by molar-refractivity contribution is 5.95. The summed E-state index contributed by atoms with van der Waals surface area (Å²) in [5, 5.41) is 0. The molecule has 1 spiro atoms. The van der Waals surface area contributed by atoms with Gasteiger partial charge < -0.3 is 9.47 Å². The van der Waals surface area contributed by atoms with E-state index in [1.165, 1.54) is 12.1 Å². The summed E-state index contributed by atoms with van der Waals surface area (Å²) in [6.45, 7) is 2.71. The van der Waals surface area contributed by atoms with E-state index in [1.54, 1.807) is 19.2 Å². The summed E-state index contributed by atoms with van der Waals surface area (Å²) < 4.78 is 24.7. The predicted molar refractivity (Wildman–Crippen MR) is 101 cm³/mol. The molecule has 0 amide bonds. The third-order valence-corrected chi connectivity index (χ3v) is 5.58. The zero-order valence-electron chi connectivity index (χ0n) is 15.5. The minimum atomic E-state index is -0.317. The second-order valence-corrected chi connectivity index (χ2v) is 7.46. The Morgan fingerprint density at radius 2 is 2.07 bits per heavy atom. The van der Waals surface area contributed by atoms with Crippen molar-refractivity contribution in [1.82, 2.24) is 4.90 Å². The van der Waals surface area contributed by atoms with Crippen LogP contribution in [0.25, 0.3) is 0 Å². The molecule has 0 N–H and O–H groups in total. The van der Waals surface area contributed by atoms with E-state index < -0.39 is 0 Å². The van der Waals surface area contributed by atoms with Crippen LogP contribution < -0.4 is 9.47 Å². The highest BCUT2D eigenvalue weighted by Crippen LogP contribution is 2.44. The van der Waals surface area contributed by atoms with E-state index >= 15 is 0 Å². The standard InChI is InChI=1S/C22H24FNO3/c1-26-20-5-2-6-21-18(20)14-22(27-21)11-13-24(15-22)12-3-4-19(25)16-7-9-17(23)10-8-16/h2,5-10H,3-4,11-15H2,1H3. The van der Waals surface area contributed by atoms with E-state index in [0.29, 0.717) is 12.0 Å². The van der Waals surface area contributed by atoms with E-state index in [4.69, 9.17) is 9.47 Å². The van der Waals surface area contributed by atoms with Gasteiger partial charge in [0.2, 0.25) is 0 Å². The van der Waals surface area contributed by atoms with Gasteiger partial charge in [0.15, 0.2) is 5.78 Å². The Hall–Kier alpha value is -2.40. The van der Waals surface area contributed by atoms with Gasteiger partial charge in [0.25, 0.3) is 0 Å². The highest BCUT2D eigenvalue weighted by atomic mass is 19.1. The number of benzene rings is 2. The number of carbonyl (C=O) groups excluding carboxylic acids is 1. The maximum absolute atomic E-state index is 13.0. The Morgan fingerprint density at radius 1 is 1.26 bits per heavy atom. The number of fused-ring (bicyclic) bond motifs is 1. The average Bonchev–Trinajstić information content (AvgIpc) is 3.24. The molecule has 1 fully saturated rings. The van der Waals surface area contributed by atoms with Gasteiger partial charge in [-0.05, 0) is 49.4 Å². The monoisotopic (exact) mass is 369 g/mol.